The lowest BCUT2D eigenvalue weighted by Gasteiger charge is -2.19. The molecule has 12 heteroatoms. The summed E-state index contributed by atoms with van der Waals surface area (Å²) in [4.78, 5) is 34.0. The van der Waals surface area contributed by atoms with Crippen LogP contribution in [0.2, 0.25) is 0 Å². The van der Waals surface area contributed by atoms with E-state index < -0.39 is 15.6 Å². The fourth-order valence-electron chi connectivity index (χ4n) is 3.26. The second-order valence-electron chi connectivity index (χ2n) is 6.34. The first-order valence-electron chi connectivity index (χ1n) is 8.25. The van der Waals surface area contributed by atoms with Crippen LogP contribution >= 0.6 is 15.9 Å². The van der Waals surface area contributed by atoms with Gasteiger partial charge in [-0.1, -0.05) is 15.9 Å². The fourth-order valence-corrected chi connectivity index (χ4v) is 5.30. The third kappa shape index (κ3) is 2.88. The van der Waals surface area contributed by atoms with E-state index in [-0.39, 0.29) is 28.0 Å². The van der Waals surface area contributed by atoms with Crippen molar-refractivity contribution in [3.8, 4) is 0 Å². The number of amides is 1. The molecule has 2 N–H and O–H groups in total. The largest absolute Gasteiger partial charge is 0.311 e. The molecule has 0 saturated carbocycles. The summed E-state index contributed by atoms with van der Waals surface area (Å²) in [6.07, 6.45) is 1.83. The molecular formula is C16H15BrN6O4S. The molecule has 1 aliphatic rings. The standard InChI is InChI=1S/C16H15BrN6O4S/c1-8-13(15(25)23-16(20-8)18-7-19-23)21-28(26,27)12-6-11(17)5-10-3-4-22(9(2)24)14(10)12/h5-7,21H,3-4H2,1-2H3,(H,18,19,20). The van der Waals surface area contributed by atoms with Crippen LogP contribution in [0.4, 0.5) is 11.4 Å². The van der Waals surface area contributed by atoms with Crippen molar-refractivity contribution in [3.63, 3.8) is 0 Å². The number of nitrogens with one attached hydrogen (secondary N) is 2. The molecule has 0 unspecified atom stereocenters. The lowest BCUT2D eigenvalue weighted by molar-refractivity contribution is -0.116. The van der Waals surface area contributed by atoms with Gasteiger partial charge in [0.2, 0.25) is 5.91 Å². The fraction of sp³-hybridized carbons (Fsp3) is 0.250. The van der Waals surface area contributed by atoms with Crippen molar-refractivity contribution in [1.82, 2.24) is 19.6 Å². The number of hydrogen-bond acceptors (Lipinski definition) is 6. The Morgan fingerprint density at radius 2 is 2.11 bits per heavy atom. The van der Waals surface area contributed by atoms with E-state index in [2.05, 4.69) is 35.7 Å². The summed E-state index contributed by atoms with van der Waals surface area (Å²) in [7, 11) is -4.19. The van der Waals surface area contributed by atoms with Crippen LogP contribution in [0, 0.1) is 6.92 Å². The summed E-state index contributed by atoms with van der Waals surface area (Å²) in [5, 5.41) is 2.59. The number of benzene rings is 1. The van der Waals surface area contributed by atoms with Crippen molar-refractivity contribution < 1.29 is 13.2 Å². The van der Waals surface area contributed by atoms with E-state index in [9.17, 15) is 18.0 Å². The molecule has 1 aliphatic heterocycles. The second-order valence-corrected chi connectivity index (χ2v) is 8.90. The average molecular weight is 467 g/mol. The zero-order chi connectivity index (χ0) is 20.2. The minimum Gasteiger partial charge on any atom is -0.311 e. The van der Waals surface area contributed by atoms with Gasteiger partial charge in [0.05, 0.1) is 11.4 Å². The molecule has 0 saturated heterocycles. The zero-order valence-electron chi connectivity index (χ0n) is 14.9. The Morgan fingerprint density at radius 1 is 1.36 bits per heavy atom. The van der Waals surface area contributed by atoms with Gasteiger partial charge in [-0.25, -0.2) is 18.4 Å². The molecule has 4 rings (SSSR count). The predicted molar refractivity (Wildman–Crippen MR) is 105 cm³/mol. The minimum atomic E-state index is -4.19. The van der Waals surface area contributed by atoms with Crippen LogP contribution in [0.3, 0.4) is 0 Å². The predicted octanol–water partition coefficient (Wildman–Crippen LogP) is 1.20. The van der Waals surface area contributed by atoms with E-state index in [1.165, 1.54) is 31.1 Å². The second kappa shape index (κ2) is 6.41. The van der Waals surface area contributed by atoms with Crippen molar-refractivity contribution in [2.75, 3.05) is 16.2 Å². The molecule has 3 aromatic rings. The molecule has 1 amide bonds. The molecular weight excluding hydrogens is 452 g/mol. The number of rotatable bonds is 3. The van der Waals surface area contributed by atoms with Crippen molar-refractivity contribution in [1.29, 1.82) is 0 Å². The van der Waals surface area contributed by atoms with Gasteiger partial charge < -0.3 is 4.90 Å². The van der Waals surface area contributed by atoms with Crippen LogP contribution in [0.1, 0.15) is 18.2 Å². The summed E-state index contributed by atoms with van der Waals surface area (Å²) >= 11 is 3.32. The molecule has 28 heavy (non-hydrogen) atoms. The number of anilines is 2. The van der Waals surface area contributed by atoms with Crippen LogP contribution in [0.15, 0.2) is 32.6 Å². The summed E-state index contributed by atoms with van der Waals surface area (Å²) in [5.41, 5.74) is 0.439. The summed E-state index contributed by atoms with van der Waals surface area (Å²) in [6, 6.07) is 3.20. The molecule has 0 bridgehead atoms. The Labute approximate surface area is 167 Å². The molecule has 146 valence electrons. The van der Waals surface area contributed by atoms with E-state index in [0.717, 1.165) is 10.1 Å². The highest BCUT2D eigenvalue weighted by atomic mass is 79.9. The number of nitrogens with zero attached hydrogens (tertiary/aromatic N) is 4. The lowest BCUT2D eigenvalue weighted by atomic mass is 10.2. The molecule has 10 nitrogen and oxygen atoms in total. The maximum atomic E-state index is 13.2. The van der Waals surface area contributed by atoms with Crippen LogP contribution in [-0.2, 0) is 21.2 Å². The number of aromatic amines is 1. The van der Waals surface area contributed by atoms with Crippen LogP contribution in [0.5, 0.6) is 0 Å². The highest BCUT2D eigenvalue weighted by Gasteiger charge is 2.32. The third-order valence-corrected chi connectivity index (χ3v) is 6.33. The highest BCUT2D eigenvalue weighted by Crippen LogP contribution is 2.38. The zero-order valence-corrected chi connectivity index (χ0v) is 17.3. The molecule has 0 radical (unpaired) electrons. The van der Waals surface area contributed by atoms with E-state index in [1.54, 1.807) is 6.07 Å². The lowest BCUT2D eigenvalue weighted by Crippen LogP contribution is -2.29. The first-order chi connectivity index (χ1) is 13.2. The number of carbonyl (C=O) groups is 1. The van der Waals surface area contributed by atoms with Crippen LogP contribution < -0.4 is 15.2 Å². The molecule has 2 aromatic heterocycles. The number of fused-ring (bicyclic) bond motifs is 2. The highest BCUT2D eigenvalue weighted by molar-refractivity contribution is 9.10. The van der Waals surface area contributed by atoms with Gasteiger partial charge in [0.25, 0.3) is 21.4 Å². The Kier molecular flexibility index (Phi) is 4.27. The summed E-state index contributed by atoms with van der Waals surface area (Å²) < 4.78 is 30.3. The van der Waals surface area contributed by atoms with Crippen LogP contribution in [-0.4, -0.2) is 40.5 Å². The van der Waals surface area contributed by atoms with Gasteiger partial charge in [-0.2, -0.15) is 4.52 Å². The summed E-state index contributed by atoms with van der Waals surface area (Å²) in [5.74, 6) is -0.120. The first-order valence-corrected chi connectivity index (χ1v) is 10.5. The van der Waals surface area contributed by atoms with E-state index in [0.29, 0.717) is 23.1 Å². The van der Waals surface area contributed by atoms with Crippen molar-refractivity contribution >= 4 is 49.0 Å². The summed E-state index contributed by atoms with van der Waals surface area (Å²) in [6.45, 7) is 3.29. The number of sulfonamides is 1. The van der Waals surface area contributed by atoms with Gasteiger partial charge in [-0.15, -0.1) is 0 Å². The number of carbonyl (C=O) groups excluding carboxylic acids is 1. The maximum absolute atomic E-state index is 13.2. The van der Waals surface area contributed by atoms with E-state index in [4.69, 9.17) is 0 Å². The monoisotopic (exact) mass is 466 g/mol. The SMILES string of the molecule is CC(=O)N1CCc2cc(Br)cc(S(=O)(=O)Nc3c(C)nc4nc[nH]n4c3=O)c21. The molecule has 0 spiro atoms. The third-order valence-electron chi connectivity index (χ3n) is 4.51. The first kappa shape index (κ1) is 18.6. The smallest absolute Gasteiger partial charge is 0.298 e. The minimum absolute atomic E-state index is 0.0851. The van der Waals surface area contributed by atoms with Gasteiger partial charge >= 0.3 is 0 Å². The van der Waals surface area contributed by atoms with Gasteiger partial charge in [0.15, 0.2) is 0 Å². The van der Waals surface area contributed by atoms with Crippen molar-refractivity contribution in [2.24, 2.45) is 0 Å². The Morgan fingerprint density at radius 3 is 2.82 bits per heavy atom. The van der Waals surface area contributed by atoms with Gasteiger partial charge in [-0.05, 0) is 31.0 Å². The molecule has 0 atom stereocenters. The van der Waals surface area contributed by atoms with Gasteiger partial charge in [-0.3, -0.25) is 19.4 Å². The maximum Gasteiger partial charge on any atom is 0.298 e. The molecule has 0 aliphatic carbocycles. The van der Waals surface area contributed by atoms with Crippen LogP contribution in [0.25, 0.3) is 5.78 Å². The van der Waals surface area contributed by atoms with Gasteiger partial charge in [0.1, 0.15) is 16.9 Å². The van der Waals surface area contributed by atoms with Gasteiger partial charge in [0, 0.05) is 17.9 Å². The van der Waals surface area contributed by atoms with Crippen molar-refractivity contribution in [2.45, 2.75) is 25.2 Å². The number of aromatic nitrogens is 4. The number of H-pyrrole nitrogens is 1. The quantitative estimate of drug-likeness (QED) is 0.596. The van der Waals surface area contributed by atoms with E-state index in [1.807, 2.05) is 0 Å². The number of hydrogen-bond donors (Lipinski definition) is 2. The average Bonchev–Trinajstić information content (AvgIpc) is 3.24. The number of halogens is 1. The Bertz CT molecular complexity index is 1300. The van der Waals surface area contributed by atoms with Crippen molar-refractivity contribution in [3.05, 3.63) is 44.5 Å². The molecule has 3 heterocycles. The molecule has 0 fully saturated rings. The van der Waals surface area contributed by atoms with E-state index >= 15 is 0 Å². The topological polar surface area (TPSA) is 130 Å². The normalized spacial score (nSPS) is 13.8. The Hall–Kier alpha value is -2.73. The number of aryl methyl sites for hydroxylation is 1. The molecule has 1 aromatic carbocycles. The Balaban J connectivity index is 1.88.